The average molecular weight is 322 g/mol. The van der Waals surface area contributed by atoms with E-state index in [2.05, 4.69) is 4.72 Å². The normalized spacial score (nSPS) is 20.1. The van der Waals surface area contributed by atoms with Crippen molar-refractivity contribution in [3.63, 3.8) is 0 Å². The molecule has 1 saturated heterocycles. The maximum absolute atomic E-state index is 12.9. The molecule has 1 aliphatic rings. The van der Waals surface area contributed by atoms with Crippen LogP contribution in [-0.4, -0.2) is 38.9 Å². The molecule has 0 spiro atoms. The summed E-state index contributed by atoms with van der Waals surface area (Å²) in [7, 11) is -2.85. The summed E-state index contributed by atoms with van der Waals surface area (Å²) in [5.41, 5.74) is -1.23. The van der Waals surface area contributed by atoms with Crippen LogP contribution < -0.4 is 4.72 Å². The van der Waals surface area contributed by atoms with Gasteiger partial charge in [-0.2, -0.15) is 13.2 Å². The van der Waals surface area contributed by atoms with E-state index >= 15 is 0 Å². The predicted octanol–water partition coefficient (Wildman–Crippen LogP) is 1.21. The molecule has 9 heteroatoms. The van der Waals surface area contributed by atoms with E-state index in [0.717, 1.165) is 12.1 Å². The molecule has 21 heavy (non-hydrogen) atoms. The summed E-state index contributed by atoms with van der Waals surface area (Å²) in [4.78, 5) is 11.8. The highest BCUT2D eigenvalue weighted by Gasteiger charge is 2.38. The SMILES string of the molecule is CN1C[C@H](NS(=O)(=O)c2ccccc2C(F)(F)F)CC1=O. The number of carbonyl (C=O) groups excluding carboxylic acids is 1. The van der Waals surface area contributed by atoms with Crippen molar-refractivity contribution in [2.45, 2.75) is 23.5 Å². The van der Waals surface area contributed by atoms with E-state index in [9.17, 15) is 26.4 Å². The van der Waals surface area contributed by atoms with Gasteiger partial charge in [-0.1, -0.05) is 12.1 Å². The number of hydrogen-bond donors (Lipinski definition) is 1. The number of amides is 1. The highest BCUT2D eigenvalue weighted by Crippen LogP contribution is 2.34. The zero-order valence-electron chi connectivity index (χ0n) is 11.0. The molecule has 2 rings (SSSR count). The van der Waals surface area contributed by atoms with E-state index in [1.54, 1.807) is 0 Å². The van der Waals surface area contributed by atoms with Gasteiger partial charge >= 0.3 is 6.18 Å². The van der Waals surface area contributed by atoms with Gasteiger partial charge in [0, 0.05) is 26.1 Å². The summed E-state index contributed by atoms with van der Waals surface area (Å²) in [6.07, 6.45) is -4.84. The van der Waals surface area contributed by atoms with E-state index < -0.39 is 32.7 Å². The van der Waals surface area contributed by atoms with Gasteiger partial charge in [-0.05, 0) is 12.1 Å². The van der Waals surface area contributed by atoms with Gasteiger partial charge in [0.05, 0.1) is 10.5 Å². The van der Waals surface area contributed by atoms with Gasteiger partial charge < -0.3 is 4.90 Å². The molecule has 1 fully saturated rings. The van der Waals surface area contributed by atoms with Gasteiger partial charge in [0.2, 0.25) is 15.9 Å². The van der Waals surface area contributed by atoms with Gasteiger partial charge in [-0.25, -0.2) is 13.1 Å². The number of likely N-dealkylation sites (tertiary alicyclic amines) is 1. The molecule has 1 atom stereocenters. The van der Waals surface area contributed by atoms with Crippen molar-refractivity contribution in [1.82, 2.24) is 9.62 Å². The predicted molar refractivity (Wildman–Crippen MR) is 67.8 cm³/mol. The van der Waals surface area contributed by atoms with Gasteiger partial charge in [0.1, 0.15) is 0 Å². The maximum atomic E-state index is 12.9. The number of sulfonamides is 1. The number of nitrogens with one attached hydrogen (secondary N) is 1. The molecule has 0 aromatic heterocycles. The minimum Gasteiger partial charge on any atom is -0.344 e. The summed E-state index contributed by atoms with van der Waals surface area (Å²) in [6.45, 7) is 0.131. The van der Waals surface area contributed by atoms with Crippen molar-refractivity contribution in [3.8, 4) is 0 Å². The van der Waals surface area contributed by atoms with Crippen LogP contribution in [0.15, 0.2) is 29.2 Å². The van der Waals surface area contributed by atoms with E-state index in [0.29, 0.717) is 6.07 Å². The molecule has 116 valence electrons. The first-order valence-corrected chi connectivity index (χ1v) is 7.52. The minimum atomic E-state index is -4.77. The molecule has 1 heterocycles. The Morgan fingerprint density at radius 1 is 1.29 bits per heavy atom. The number of benzene rings is 1. The van der Waals surface area contributed by atoms with Crippen molar-refractivity contribution >= 4 is 15.9 Å². The number of nitrogens with zero attached hydrogens (tertiary/aromatic N) is 1. The molecule has 0 saturated carbocycles. The van der Waals surface area contributed by atoms with Gasteiger partial charge in [0.15, 0.2) is 0 Å². The summed E-state index contributed by atoms with van der Waals surface area (Å²) < 4.78 is 65.0. The molecule has 1 aliphatic heterocycles. The topological polar surface area (TPSA) is 66.5 Å². The molecule has 1 N–H and O–H groups in total. The third-order valence-corrected chi connectivity index (χ3v) is 4.72. The fourth-order valence-corrected chi connectivity index (χ4v) is 3.62. The van der Waals surface area contributed by atoms with Crippen LogP contribution in [0, 0.1) is 0 Å². The van der Waals surface area contributed by atoms with Crippen LogP contribution >= 0.6 is 0 Å². The largest absolute Gasteiger partial charge is 0.417 e. The van der Waals surface area contributed by atoms with Gasteiger partial charge in [0.25, 0.3) is 0 Å². The molecule has 1 amide bonds. The highest BCUT2D eigenvalue weighted by molar-refractivity contribution is 7.89. The average Bonchev–Trinajstić information content (AvgIpc) is 2.66. The Hall–Kier alpha value is -1.61. The maximum Gasteiger partial charge on any atom is 0.417 e. The monoisotopic (exact) mass is 322 g/mol. The molecule has 0 aliphatic carbocycles. The Labute approximate surface area is 119 Å². The molecule has 0 radical (unpaired) electrons. The third kappa shape index (κ3) is 3.35. The molecular formula is C12H13F3N2O3S. The van der Waals surface area contributed by atoms with Crippen LogP contribution in [0.1, 0.15) is 12.0 Å². The zero-order chi connectivity index (χ0) is 15.8. The van der Waals surface area contributed by atoms with Crippen molar-refractivity contribution < 1.29 is 26.4 Å². The van der Waals surface area contributed by atoms with Crippen molar-refractivity contribution in [3.05, 3.63) is 29.8 Å². The molecule has 5 nitrogen and oxygen atoms in total. The smallest absolute Gasteiger partial charge is 0.344 e. The van der Waals surface area contributed by atoms with Crippen LogP contribution in [0.4, 0.5) is 13.2 Å². The van der Waals surface area contributed by atoms with Crippen molar-refractivity contribution in [2.24, 2.45) is 0 Å². The molecule has 1 aromatic rings. The Morgan fingerprint density at radius 2 is 1.90 bits per heavy atom. The fourth-order valence-electron chi connectivity index (χ4n) is 2.16. The minimum absolute atomic E-state index is 0.0656. The van der Waals surface area contributed by atoms with Crippen molar-refractivity contribution in [1.29, 1.82) is 0 Å². The lowest BCUT2D eigenvalue weighted by molar-refractivity contribution is -0.139. The van der Waals surface area contributed by atoms with E-state index in [4.69, 9.17) is 0 Å². The van der Waals surface area contributed by atoms with Crippen LogP contribution in [0.3, 0.4) is 0 Å². The number of hydrogen-bond acceptors (Lipinski definition) is 3. The second-order valence-corrected chi connectivity index (χ2v) is 6.47. The molecular weight excluding hydrogens is 309 g/mol. The summed E-state index contributed by atoms with van der Waals surface area (Å²) >= 11 is 0. The summed E-state index contributed by atoms with van der Waals surface area (Å²) in [6, 6.07) is 3.21. The first kappa shape index (κ1) is 15.8. The Kier molecular flexibility index (Phi) is 3.98. The van der Waals surface area contributed by atoms with Crippen LogP contribution in [0.2, 0.25) is 0 Å². The van der Waals surface area contributed by atoms with E-state index in [1.807, 2.05) is 0 Å². The third-order valence-electron chi connectivity index (χ3n) is 3.14. The van der Waals surface area contributed by atoms with Crippen molar-refractivity contribution in [2.75, 3.05) is 13.6 Å². The molecule has 0 unspecified atom stereocenters. The zero-order valence-corrected chi connectivity index (χ0v) is 11.8. The number of alkyl halides is 3. The van der Waals surface area contributed by atoms with Crippen LogP contribution in [0.5, 0.6) is 0 Å². The second-order valence-electron chi connectivity index (χ2n) is 4.79. The number of rotatable bonds is 3. The van der Waals surface area contributed by atoms with Gasteiger partial charge in [-0.15, -0.1) is 0 Å². The van der Waals surface area contributed by atoms with Crippen LogP contribution in [0.25, 0.3) is 0 Å². The first-order valence-electron chi connectivity index (χ1n) is 6.04. The fraction of sp³-hybridized carbons (Fsp3) is 0.417. The van der Waals surface area contributed by atoms with Crippen LogP contribution in [-0.2, 0) is 21.0 Å². The summed E-state index contributed by atoms with van der Waals surface area (Å²) in [5.74, 6) is -0.258. The first-order chi connectivity index (χ1) is 9.61. The lowest BCUT2D eigenvalue weighted by atomic mass is 10.2. The lowest BCUT2D eigenvalue weighted by Gasteiger charge is -2.16. The molecule has 1 aromatic carbocycles. The quantitative estimate of drug-likeness (QED) is 0.910. The molecule has 0 bridgehead atoms. The standard InChI is InChI=1S/C12H13F3N2O3S/c1-17-7-8(6-11(17)18)16-21(19,20)10-5-3-2-4-9(10)12(13,14)15/h2-5,8,16H,6-7H2,1H3/t8-/m1/s1. The van der Waals surface area contributed by atoms with E-state index in [1.165, 1.54) is 18.0 Å². The van der Waals surface area contributed by atoms with Gasteiger partial charge in [-0.3, -0.25) is 4.79 Å². The van der Waals surface area contributed by atoms with E-state index in [-0.39, 0.29) is 18.9 Å². The number of halogens is 3. The second kappa shape index (κ2) is 5.30. The Morgan fingerprint density at radius 3 is 2.43 bits per heavy atom. The number of carbonyl (C=O) groups is 1. The summed E-state index contributed by atoms with van der Waals surface area (Å²) in [5, 5.41) is 0. The Balaban J connectivity index is 2.31. The highest BCUT2D eigenvalue weighted by atomic mass is 32.2. The number of likely N-dealkylation sites (N-methyl/N-ethyl adjacent to an activating group) is 1. The lowest BCUT2D eigenvalue weighted by Crippen LogP contribution is -2.37. The Bertz CT molecular complexity index is 658.